The standard InChI is InChI=1S/C21H23N3O4/c1-10-6-11(2)19(24(26)27)12(3)16(10)17-13(9-22)20(23)28-15-8-21(4,5)7-14(25)18(15)17/h6,17H,7-8,23H2,1-5H3/t17-/m1/s1. The van der Waals surface area contributed by atoms with E-state index in [0.717, 1.165) is 5.56 Å². The Morgan fingerprint density at radius 2 is 1.93 bits per heavy atom. The molecule has 3 rings (SSSR count). The van der Waals surface area contributed by atoms with Gasteiger partial charge < -0.3 is 10.5 Å². The molecule has 1 aromatic carbocycles. The number of nitrogens with zero attached hydrogens (tertiary/aromatic N) is 2. The lowest BCUT2D eigenvalue weighted by atomic mass is 9.69. The van der Waals surface area contributed by atoms with E-state index in [0.29, 0.717) is 40.9 Å². The highest BCUT2D eigenvalue weighted by molar-refractivity contribution is 6.00. The molecule has 28 heavy (non-hydrogen) atoms. The van der Waals surface area contributed by atoms with Gasteiger partial charge in [-0.15, -0.1) is 0 Å². The van der Waals surface area contributed by atoms with E-state index in [1.165, 1.54) is 0 Å². The number of ketones is 1. The summed E-state index contributed by atoms with van der Waals surface area (Å²) in [6.07, 6.45) is 0.826. The van der Waals surface area contributed by atoms with Gasteiger partial charge in [-0.25, -0.2) is 0 Å². The molecule has 1 heterocycles. The molecule has 1 aliphatic heterocycles. The van der Waals surface area contributed by atoms with Crippen LogP contribution in [0.25, 0.3) is 0 Å². The third kappa shape index (κ3) is 2.95. The normalized spacial score (nSPS) is 21.1. The average molecular weight is 381 g/mol. The first-order valence-corrected chi connectivity index (χ1v) is 9.07. The second-order valence-corrected chi connectivity index (χ2v) is 8.36. The van der Waals surface area contributed by atoms with Gasteiger partial charge in [0.1, 0.15) is 17.4 Å². The number of hydrogen-bond donors (Lipinski definition) is 1. The summed E-state index contributed by atoms with van der Waals surface area (Å²) in [5.74, 6) is -0.446. The lowest BCUT2D eigenvalue weighted by molar-refractivity contribution is -0.386. The number of benzene rings is 1. The van der Waals surface area contributed by atoms with E-state index in [1.807, 2.05) is 20.8 Å². The Balaban J connectivity index is 2.35. The minimum Gasteiger partial charge on any atom is -0.444 e. The number of allylic oxidation sites excluding steroid dienone is 3. The molecule has 0 saturated heterocycles. The molecular weight excluding hydrogens is 358 g/mol. The van der Waals surface area contributed by atoms with E-state index in [-0.39, 0.29) is 28.3 Å². The minimum atomic E-state index is -0.753. The summed E-state index contributed by atoms with van der Waals surface area (Å²) in [7, 11) is 0. The molecule has 2 aliphatic rings. The first kappa shape index (κ1) is 19.6. The van der Waals surface area contributed by atoms with Crippen LogP contribution >= 0.6 is 0 Å². The molecule has 2 N–H and O–H groups in total. The van der Waals surface area contributed by atoms with Crippen molar-refractivity contribution in [1.82, 2.24) is 0 Å². The van der Waals surface area contributed by atoms with Crippen LogP contribution in [0.5, 0.6) is 0 Å². The van der Waals surface area contributed by atoms with Crippen LogP contribution in [0, 0.1) is 47.6 Å². The fraction of sp³-hybridized carbons (Fsp3) is 0.429. The monoisotopic (exact) mass is 381 g/mol. The number of aryl methyl sites for hydroxylation is 2. The summed E-state index contributed by atoms with van der Waals surface area (Å²) in [4.78, 5) is 24.3. The predicted molar refractivity (Wildman–Crippen MR) is 103 cm³/mol. The smallest absolute Gasteiger partial charge is 0.275 e. The summed E-state index contributed by atoms with van der Waals surface area (Å²) < 4.78 is 5.69. The van der Waals surface area contributed by atoms with Gasteiger partial charge in [-0.1, -0.05) is 13.8 Å². The molecule has 1 aromatic rings. The van der Waals surface area contributed by atoms with Crippen molar-refractivity contribution in [1.29, 1.82) is 5.26 Å². The molecule has 146 valence electrons. The Hall–Kier alpha value is -3.14. The number of nitro benzene ring substituents is 1. The highest BCUT2D eigenvalue weighted by Crippen LogP contribution is 2.50. The number of ether oxygens (including phenoxy) is 1. The molecule has 0 spiro atoms. The van der Waals surface area contributed by atoms with Crippen molar-refractivity contribution in [2.45, 2.75) is 53.4 Å². The fourth-order valence-corrected chi connectivity index (χ4v) is 4.49. The lowest BCUT2D eigenvalue weighted by Crippen LogP contribution is -2.34. The van der Waals surface area contributed by atoms with Crippen molar-refractivity contribution in [3.8, 4) is 6.07 Å². The molecule has 1 atom stereocenters. The van der Waals surface area contributed by atoms with Crippen molar-refractivity contribution in [2.24, 2.45) is 11.1 Å². The molecule has 7 heteroatoms. The second kappa shape index (κ2) is 6.48. The van der Waals surface area contributed by atoms with Crippen LogP contribution in [0.1, 0.15) is 54.9 Å². The van der Waals surface area contributed by atoms with E-state index in [1.54, 1.807) is 19.9 Å². The molecular formula is C21H23N3O4. The Kier molecular flexibility index (Phi) is 4.54. The molecule has 7 nitrogen and oxygen atoms in total. The highest BCUT2D eigenvalue weighted by atomic mass is 16.6. The molecule has 0 fully saturated rings. The van der Waals surface area contributed by atoms with E-state index < -0.39 is 10.8 Å². The van der Waals surface area contributed by atoms with Crippen LogP contribution in [0.3, 0.4) is 0 Å². The number of rotatable bonds is 2. The predicted octanol–water partition coefficient (Wildman–Crippen LogP) is 3.97. The zero-order valence-electron chi connectivity index (χ0n) is 16.7. The van der Waals surface area contributed by atoms with E-state index in [4.69, 9.17) is 10.5 Å². The van der Waals surface area contributed by atoms with Gasteiger partial charge >= 0.3 is 0 Å². The summed E-state index contributed by atoms with van der Waals surface area (Å²) in [6, 6.07) is 3.79. The molecule has 0 aromatic heterocycles. The van der Waals surface area contributed by atoms with Gasteiger partial charge in [-0.2, -0.15) is 5.26 Å². The van der Waals surface area contributed by atoms with Crippen molar-refractivity contribution in [2.75, 3.05) is 0 Å². The van der Waals surface area contributed by atoms with Gasteiger partial charge in [0.15, 0.2) is 5.78 Å². The quantitative estimate of drug-likeness (QED) is 0.611. The van der Waals surface area contributed by atoms with Crippen LogP contribution in [0.15, 0.2) is 28.9 Å². The number of carbonyl (C=O) groups is 1. The van der Waals surface area contributed by atoms with Crippen LogP contribution in [0.2, 0.25) is 0 Å². The largest absolute Gasteiger partial charge is 0.444 e. The Bertz CT molecular complexity index is 1030. The molecule has 0 unspecified atom stereocenters. The molecule has 0 bridgehead atoms. The number of carbonyl (C=O) groups excluding carboxylic acids is 1. The Morgan fingerprint density at radius 1 is 1.29 bits per heavy atom. The van der Waals surface area contributed by atoms with Gasteiger partial charge in [0.2, 0.25) is 5.88 Å². The maximum Gasteiger partial charge on any atom is 0.275 e. The molecule has 0 radical (unpaired) electrons. The number of Topliss-reactive ketones (excluding diaryl/α,β-unsaturated/α-hetero) is 1. The summed E-state index contributed by atoms with van der Waals surface area (Å²) >= 11 is 0. The SMILES string of the molecule is Cc1cc(C)c([N+](=O)[O-])c(C)c1[C@H]1C(C#N)=C(N)OC2=C1C(=O)CC(C)(C)C2. The third-order valence-corrected chi connectivity index (χ3v) is 5.54. The van der Waals surface area contributed by atoms with Crippen LogP contribution in [-0.2, 0) is 9.53 Å². The first-order chi connectivity index (χ1) is 13.0. The third-order valence-electron chi connectivity index (χ3n) is 5.54. The topological polar surface area (TPSA) is 119 Å². The zero-order valence-corrected chi connectivity index (χ0v) is 16.7. The van der Waals surface area contributed by atoms with Gasteiger partial charge in [0.05, 0.1) is 10.8 Å². The van der Waals surface area contributed by atoms with Crippen LogP contribution in [0.4, 0.5) is 5.69 Å². The average Bonchev–Trinajstić information content (AvgIpc) is 2.51. The fourth-order valence-electron chi connectivity index (χ4n) is 4.49. The number of hydrogen-bond acceptors (Lipinski definition) is 6. The second-order valence-electron chi connectivity index (χ2n) is 8.36. The maximum atomic E-state index is 13.1. The number of nitro groups is 1. The molecule has 0 saturated carbocycles. The first-order valence-electron chi connectivity index (χ1n) is 9.07. The van der Waals surface area contributed by atoms with Crippen molar-refractivity contribution in [3.05, 3.63) is 61.2 Å². The van der Waals surface area contributed by atoms with Gasteiger partial charge in [0, 0.05) is 29.5 Å². The molecule has 0 amide bonds. The van der Waals surface area contributed by atoms with E-state index in [9.17, 15) is 20.2 Å². The van der Waals surface area contributed by atoms with Crippen LogP contribution in [-0.4, -0.2) is 10.7 Å². The Labute approximate surface area is 163 Å². The van der Waals surface area contributed by atoms with Crippen molar-refractivity contribution in [3.63, 3.8) is 0 Å². The maximum absolute atomic E-state index is 13.1. The summed E-state index contributed by atoms with van der Waals surface area (Å²) in [5, 5.41) is 21.4. The lowest BCUT2D eigenvalue weighted by Gasteiger charge is -2.37. The van der Waals surface area contributed by atoms with E-state index >= 15 is 0 Å². The minimum absolute atomic E-state index is 0.00584. The molecule has 1 aliphatic carbocycles. The van der Waals surface area contributed by atoms with Crippen molar-refractivity contribution >= 4 is 11.5 Å². The zero-order chi connectivity index (χ0) is 21.0. The van der Waals surface area contributed by atoms with Crippen molar-refractivity contribution < 1.29 is 14.5 Å². The van der Waals surface area contributed by atoms with Gasteiger partial charge in [-0.05, 0) is 43.4 Å². The Morgan fingerprint density at radius 3 is 2.50 bits per heavy atom. The van der Waals surface area contributed by atoms with Gasteiger partial charge in [0.25, 0.3) is 5.69 Å². The highest BCUT2D eigenvalue weighted by Gasteiger charge is 2.44. The number of nitrogens with two attached hydrogens (primary N) is 1. The van der Waals surface area contributed by atoms with Gasteiger partial charge in [-0.3, -0.25) is 14.9 Å². The van der Waals surface area contributed by atoms with E-state index in [2.05, 4.69) is 6.07 Å². The summed E-state index contributed by atoms with van der Waals surface area (Å²) in [6.45, 7) is 9.11. The summed E-state index contributed by atoms with van der Waals surface area (Å²) in [5.41, 5.74) is 8.61. The van der Waals surface area contributed by atoms with Crippen LogP contribution < -0.4 is 5.73 Å². The number of nitriles is 1.